The number of aryl methyl sites for hydroxylation is 1. The fourth-order valence-corrected chi connectivity index (χ4v) is 2.83. The van der Waals surface area contributed by atoms with E-state index in [0.717, 1.165) is 5.56 Å². The Hall–Kier alpha value is -3.35. The normalized spacial score (nSPS) is 11.5. The van der Waals surface area contributed by atoms with Crippen molar-refractivity contribution >= 4 is 23.3 Å². The molecule has 2 aromatic rings. The molecule has 0 heterocycles. The number of carbonyl (C=O) groups is 3. The second-order valence-electron chi connectivity index (χ2n) is 7.41. The molecule has 0 aliphatic heterocycles. The van der Waals surface area contributed by atoms with Gasteiger partial charge in [-0.3, -0.25) is 14.4 Å². The molecule has 1 unspecified atom stereocenters. The Kier molecular flexibility index (Phi) is 8.61. The van der Waals surface area contributed by atoms with Crippen LogP contribution in [0.2, 0.25) is 0 Å². The Morgan fingerprint density at radius 2 is 1.55 bits per heavy atom. The summed E-state index contributed by atoms with van der Waals surface area (Å²) >= 11 is 0. The first kappa shape index (κ1) is 23.9. The van der Waals surface area contributed by atoms with Crippen LogP contribution in [-0.2, 0) is 20.7 Å². The van der Waals surface area contributed by atoms with Crippen molar-refractivity contribution in [1.82, 2.24) is 0 Å². The molecule has 1 atom stereocenters. The first-order chi connectivity index (χ1) is 14.7. The second-order valence-corrected chi connectivity index (χ2v) is 7.41. The van der Waals surface area contributed by atoms with Crippen molar-refractivity contribution in [2.24, 2.45) is 5.92 Å². The molecule has 0 aromatic heterocycles. The molecule has 1 N–H and O–H groups in total. The molecule has 0 radical (unpaired) electrons. The number of nitrogens with one attached hydrogen (secondary N) is 1. The smallest absolute Gasteiger partial charge is 0.306 e. The summed E-state index contributed by atoms with van der Waals surface area (Å²) in [7, 11) is 3.11. The molecule has 166 valence electrons. The molecular formula is C24H29NO6. The van der Waals surface area contributed by atoms with Crippen LogP contribution in [0.15, 0.2) is 42.5 Å². The number of carbonyl (C=O) groups excluding carboxylic acids is 3. The maximum Gasteiger partial charge on any atom is 0.306 e. The Labute approximate surface area is 182 Å². The zero-order valence-corrected chi connectivity index (χ0v) is 18.6. The van der Waals surface area contributed by atoms with Gasteiger partial charge < -0.3 is 19.5 Å². The van der Waals surface area contributed by atoms with Gasteiger partial charge in [-0.05, 0) is 55.3 Å². The summed E-state index contributed by atoms with van der Waals surface area (Å²) in [6.45, 7) is 5.15. The van der Waals surface area contributed by atoms with Crippen molar-refractivity contribution in [3.63, 3.8) is 0 Å². The number of anilines is 1. The van der Waals surface area contributed by atoms with Crippen molar-refractivity contribution in [2.45, 2.75) is 39.7 Å². The van der Waals surface area contributed by atoms with Gasteiger partial charge in [-0.25, -0.2) is 0 Å². The van der Waals surface area contributed by atoms with E-state index in [1.807, 2.05) is 6.07 Å². The van der Waals surface area contributed by atoms with E-state index in [4.69, 9.17) is 14.2 Å². The summed E-state index contributed by atoms with van der Waals surface area (Å²) in [5, 5.41) is 2.76. The maximum atomic E-state index is 12.6. The molecule has 2 aromatic carbocycles. The van der Waals surface area contributed by atoms with Crippen LogP contribution in [0.25, 0.3) is 0 Å². The lowest BCUT2D eigenvalue weighted by molar-refractivity contribution is -0.146. The van der Waals surface area contributed by atoms with Crippen molar-refractivity contribution < 1.29 is 28.6 Å². The summed E-state index contributed by atoms with van der Waals surface area (Å²) in [5.41, 5.74) is 1.91. The van der Waals surface area contributed by atoms with E-state index in [0.29, 0.717) is 29.2 Å². The van der Waals surface area contributed by atoms with Crippen LogP contribution in [-0.4, -0.2) is 38.0 Å². The summed E-state index contributed by atoms with van der Waals surface area (Å²) in [4.78, 5) is 36.5. The van der Waals surface area contributed by atoms with E-state index in [9.17, 15) is 14.4 Å². The molecule has 31 heavy (non-hydrogen) atoms. The van der Waals surface area contributed by atoms with Crippen molar-refractivity contribution in [2.75, 3.05) is 19.5 Å². The molecule has 2 rings (SSSR count). The minimum Gasteiger partial charge on any atom is -0.493 e. The van der Waals surface area contributed by atoms with Crippen molar-refractivity contribution in [1.29, 1.82) is 0 Å². The van der Waals surface area contributed by atoms with Gasteiger partial charge in [0.2, 0.25) is 11.7 Å². The van der Waals surface area contributed by atoms with Gasteiger partial charge in [0.25, 0.3) is 0 Å². The number of benzene rings is 2. The number of ketones is 1. The Bertz CT molecular complexity index is 920. The summed E-state index contributed by atoms with van der Waals surface area (Å²) in [5.74, 6) is 0.195. The number of amides is 1. The van der Waals surface area contributed by atoms with E-state index < -0.39 is 12.1 Å². The highest BCUT2D eigenvalue weighted by Gasteiger charge is 2.20. The van der Waals surface area contributed by atoms with E-state index >= 15 is 0 Å². The van der Waals surface area contributed by atoms with Gasteiger partial charge >= 0.3 is 5.97 Å². The van der Waals surface area contributed by atoms with Crippen LogP contribution in [0.3, 0.4) is 0 Å². The van der Waals surface area contributed by atoms with Crippen molar-refractivity contribution in [3.05, 3.63) is 53.6 Å². The second kappa shape index (κ2) is 11.2. The van der Waals surface area contributed by atoms with Crippen LogP contribution < -0.4 is 14.8 Å². The van der Waals surface area contributed by atoms with E-state index in [1.165, 1.54) is 0 Å². The number of hydrogen-bond donors (Lipinski definition) is 1. The predicted molar refractivity (Wildman–Crippen MR) is 118 cm³/mol. The van der Waals surface area contributed by atoms with Crippen LogP contribution >= 0.6 is 0 Å². The third-order valence-corrected chi connectivity index (χ3v) is 4.70. The number of esters is 1. The number of Topliss-reactive ketones (excluding diaryl/α,β-unsaturated/α-hetero) is 1. The van der Waals surface area contributed by atoms with E-state index in [-0.39, 0.29) is 24.0 Å². The van der Waals surface area contributed by atoms with Crippen LogP contribution in [0.4, 0.5) is 5.69 Å². The summed E-state index contributed by atoms with van der Waals surface area (Å²) < 4.78 is 15.8. The largest absolute Gasteiger partial charge is 0.493 e. The quantitative estimate of drug-likeness (QED) is 0.454. The van der Waals surface area contributed by atoms with Gasteiger partial charge in [-0.2, -0.15) is 0 Å². The topological polar surface area (TPSA) is 90.9 Å². The van der Waals surface area contributed by atoms with Gasteiger partial charge in [-0.1, -0.05) is 19.9 Å². The third kappa shape index (κ3) is 6.84. The summed E-state index contributed by atoms with van der Waals surface area (Å²) in [6.07, 6.45) is -0.327. The van der Waals surface area contributed by atoms with Crippen molar-refractivity contribution in [3.8, 4) is 11.5 Å². The Balaban J connectivity index is 1.89. The zero-order valence-electron chi connectivity index (χ0n) is 18.6. The van der Waals surface area contributed by atoms with Gasteiger partial charge in [0, 0.05) is 23.6 Å². The number of hydrogen-bond acceptors (Lipinski definition) is 6. The molecule has 0 saturated heterocycles. The Morgan fingerprint density at radius 3 is 2.13 bits per heavy atom. The SMILES string of the molecule is COc1ccc(CCC(=O)OC(C)C(=O)c2ccc(NC(=O)C(C)C)cc2)cc1OC. The average Bonchev–Trinajstić information content (AvgIpc) is 2.77. The van der Waals surface area contributed by atoms with E-state index in [2.05, 4.69) is 5.32 Å². The number of rotatable bonds is 10. The fourth-order valence-electron chi connectivity index (χ4n) is 2.83. The molecule has 0 saturated carbocycles. The third-order valence-electron chi connectivity index (χ3n) is 4.70. The lowest BCUT2D eigenvalue weighted by Crippen LogP contribution is -2.24. The van der Waals surface area contributed by atoms with E-state index in [1.54, 1.807) is 71.4 Å². The molecule has 7 nitrogen and oxygen atoms in total. The highest BCUT2D eigenvalue weighted by atomic mass is 16.5. The summed E-state index contributed by atoms with van der Waals surface area (Å²) in [6, 6.07) is 11.9. The molecule has 0 aliphatic rings. The first-order valence-electron chi connectivity index (χ1n) is 10.1. The number of ether oxygens (including phenoxy) is 3. The lowest BCUT2D eigenvalue weighted by Gasteiger charge is -2.14. The molecule has 7 heteroatoms. The monoisotopic (exact) mass is 427 g/mol. The average molecular weight is 427 g/mol. The van der Waals surface area contributed by atoms with Gasteiger partial charge in [0.05, 0.1) is 14.2 Å². The van der Waals surface area contributed by atoms with Gasteiger partial charge in [-0.15, -0.1) is 0 Å². The predicted octanol–water partition coefficient (Wildman–Crippen LogP) is 4.05. The van der Waals surface area contributed by atoms with Gasteiger partial charge in [0.15, 0.2) is 17.6 Å². The molecule has 0 aliphatic carbocycles. The van der Waals surface area contributed by atoms with Crippen LogP contribution in [0.5, 0.6) is 11.5 Å². The standard InChI is InChI=1S/C24H29NO6/c1-15(2)24(28)25-19-10-8-18(9-11-19)23(27)16(3)31-22(26)13-7-17-6-12-20(29-4)21(14-17)30-5/h6,8-12,14-16H,7,13H2,1-5H3,(H,25,28). The fraction of sp³-hybridized carbons (Fsp3) is 0.375. The molecular weight excluding hydrogens is 398 g/mol. The highest BCUT2D eigenvalue weighted by Crippen LogP contribution is 2.28. The Morgan fingerprint density at radius 1 is 0.903 bits per heavy atom. The van der Waals surface area contributed by atoms with Crippen LogP contribution in [0.1, 0.15) is 43.1 Å². The molecule has 1 amide bonds. The molecule has 0 fully saturated rings. The number of methoxy groups -OCH3 is 2. The minimum absolute atomic E-state index is 0.101. The maximum absolute atomic E-state index is 12.6. The lowest BCUT2D eigenvalue weighted by atomic mass is 10.1. The minimum atomic E-state index is -0.908. The zero-order chi connectivity index (χ0) is 23.0. The van der Waals surface area contributed by atoms with Gasteiger partial charge in [0.1, 0.15) is 0 Å². The first-order valence-corrected chi connectivity index (χ1v) is 10.1. The van der Waals surface area contributed by atoms with Crippen LogP contribution in [0, 0.1) is 5.92 Å². The highest BCUT2D eigenvalue weighted by molar-refractivity contribution is 6.01. The molecule has 0 bridgehead atoms. The molecule has 0 spiro atoms.